The Labute approximate surface area is 125 Å². The quantitative estimate of drug-likeness (QED) is 0.681. The first-order valence-electron chi connectivity index (χ1n) is 7.44. The number of aryl methyl sites for hydroxylation is 2. The minimum absolute atomic E-state index is 0.683. The van der Waals surface area contributed by atoms with Gasteiger partial charge in [-0.3, -0.25) is 0 Å². The highest BCUT2D eigenvalue weighted by Crippen LogP contribution is 2.25. The monoisotopic (exact) mass is 279 g/mol. The number of hydrogen-bond donors (Lipinski definition) is 1. The molecular formula is C19H21NO. The lowest BCUT2D eigenvalue weighted by Crippen LogP contribution is -1.99. The third-order valence-corrected chi connectivity index (χ3v) is 4.04. The molecule has 1 heterocycles. The van der Waals surface area contributed by atoms with Crippen LogP contribution in [0.3, 0.4) is 0 Å². The molecule has 3 rings (SSSR count). The number of ether oxygens (including phenoxy) is 1. The van der Waals surface area contributed by atoms with Crippen LogP contribution >= 0.6 is 0 Å². The summed E-state index contributed by atoms with van der Waals surface area (Å²) in [6.07, 6.45) is 0.947. The second-order valence-corrected chi connectivity index (χ2v) is 5.50. The minimum Gasteiger partial charge on any atom is -0.376 e. The van der Waals surface area contributed by atoms with Crippen LogP contribution in [0.15, 0.2) is 48.5 Å². The van der Waals surface area contributed by atoms with E-state index in [9.17, 15) is 0 Å². The fourth-order valence-electron chi connectivity index (χ4n) is 2.79. The van der Waals surface area contributed by atoms with Gasteiger partial charge < -0.3 is 9.72 Å². The smallest absolute Gasteiger partial charge is 0.0717 e. The standard InChI is InChI=1S/C19H21NO/c1-14-15(2)20-18-10-6-9-17(19(14)18)11-12-21-13-16-7-4-3-5-8-16/h3-10,20H,11-13H2,1-2H3. The van der Waals surface area contributed by atoms with Crippen molar-refractivity contribution in [2.24, 2.45) is 0 Å². The van der Waals surface area contributed by atoms with E-state index in [1.807, 2.05) is 18.2 Å². The van der Waals surface area contributed by atoms with Crippen molar-refractivity contribution in [1.82, 2.24) is 4.98 Å². The van der Waals surface area contributed by atoms with Gasteiger partial charge in [-0.25, -0.2) is 0 Å². The summed E-state index contributed by atoms with van der Waals surface area (Å²) in [5.74, 6) is 0. The summed E-state index contributed by atoms with van der Waals surface area (Å²) in [5.41, 5.74) is 6.42. The highest BCUT2D eigenvalue weighted by molar-refractivity contribution is 5.87. The second kappa shape index (κ2) is 6.15. The van der Waals surface area contributed by atoms with E-state index in [1.165, 1.54) is 33.3 Å². The summed E-state index contributed by atoms with van der Waals surface area (Å²) in [4.78, 5) is 3.44. The van der Waals surface area contributed by atoms with Crippen LogP contribution in [0.25, 0.3) is 10.9 Å². The Kier molecular flexibility index (Phi) is 4.07. The summed E-state index contributed by atoms with van der Waals surface area (Å²) in [5, 5.41) is 1.36. The minimum atomic E-state index is 0.683. The number of benzene rings is 2. The van der Waals surface area contributed by atoms with Crippen molar-refractivity contribution in [2.45, 2.75) is 26.9 Å². The molecule has 2 aromatic carbocycles. The van der Waals surface area contributed by atoms with Gasteiger partial charge in [0.1, 0.15) is 0 Å². The van der Waals surface area contributed by atoms with Crippen molar-refractivity contribution in [2.75, 3.05) is 6.61 Å². The molecule has 1 N–H and O–H groups in total. The number of H-pyrrole nitrogens is 1. The summed E-state index contributed by atoms with van der Waals surface area (Å²) in [6.45, 7) is 5.74. The first-order valence-corrected chi connectivity index (χ1v) is 7.44. The van der Waals surface area contributed by atoms with E-state index in [2.05, 4.69) is 49.2 Å². The Balaban J connectivity index is 1.66. The molecule has 2 heteroatoms. The third kappa shape index (κ3) is 3.01. The maximum atomic E-state index is 5.81. The van der Waals surface area contributed by atoms with Gasteiger partial charge in [0, 0.05) is 16.6 Å². The van der Waals surface area contributed by atoms with Crippen LogP contribution < -0.4 is 0 Å². The van der Waals surface area contributed by atoms with Gasteiger partial charge in [0.25, 0.3) is 0 Å². The van der Waals surface area contributed by atoms with Gasteiger partial charge in [-0.15, -0.1) is 0 Å². The van der Waals surface area contributed by atoms with Gasteiger partial charge in [0.05, 0.1) is 13.2 Å². The number of rotatable bonds is 5. The summed E-state index contributed by atoms with van der Waals surface area (Å²) < 4.78 is 5.81. The predicted molar refractivity (Wildman–Crippen MR) is 87.6 cm³/mol. The number of fused-ring (bicyclic) bond motifs is 1. The van der Waals surface area contributed by atoms with Crippen LogP contribution in [0.1, 0.15) is 22.4 Å². The Bertz CT molecular complexity index is 728. The fraction of sp³-hybridized carbons (Fsp3) is 0.263. The largest absolute Gasteiger partial charge is 0.376 e. The van der Waals surface area contributed by atoms with Crippen LogP contribution in [0.4, 0.5) is 0 Å². The van der Waals surface area contributed by atoms with Gasteiger partial charge in [-0.2, -0.15) is 0 Å². The summed E-state index contributed by atoms with van der Waals surface area (Å²) >= 11 is 0. The molecule has 0 aliphatic heterocycles. The van der Waals surface area contributed by atoms with Gasteiger partial charge >= 0.3 is 0 Å². The SMILES string of the molecule is Cc1[nH]c2cccc(CCOCc3ccccc3)c2c1C. The molecule has 0 aliphatic rings. The third-order valence-electron chi connectivity index (χ3n) is 4.04. The molecule has 0 saturated carbocycles. The lowest BCUT2D eigenvalue weighted by atomic mass is 10.0. The lowest BCUT2D eigenvalue weighted by Gasteiger charge is -2.07. The molecule has 0 bridgehead atoms. The normalized spacial score (nSPS) is 11.1. The molecular weight excluding hydrogens is 258 g/mol. The topological polar surface area (TPSA) is 25.0 Å². The molecule has 0 atom stereocenters. The number of hydrogen-bond acceptors (Lipinski definition) is 1. The Morgan fingerprint density at radius 2 is 1.76 bits per heavy atom. The van der Waals surface area contributed by atoms with E-state index in [-0.39, 0.29) is 0 Å². The predicted octanol–water partition coefficient (Wildman–Crippen LogP) is 4.54. The van der Waals surface area contributed by atoms with E-state index < -0.39 is 0 Å². The summed E-state index contributed by atoms with van der Waals surface area (Å²) in [6, 6.07) is 16.8. The van der Waals surface area contributed by atoms with E-state index in [0.717, 1.165) is 13.0 Å². The molecule has 2 nitrogen and oxygen atoms in total. The molecule has 0 amide bonds. The van der Waals surface area contributed by atoms with E-state index in [4.69, 9.17) is 4.74 Å². The van der Waals surface area contributed by atoms with Gasteiger partial charge in [0.2, 0.25) is 0 Å². The molecule has 3 aromatic rings. The van der Waals surface area contributed by atoms with Gasteiger partial charge in [0.15, 0.2) is 0 Å². The molecule has 1 aromatic heterocycles. The van der Waals surface area contributed by atoms with Crippen molar-refractivity contribution in [3.8, 4) is 0 Å². The van der Waals surface area contributed by atoms with Crippen LogP contribution in [0, 0.1) is 13.8 Å². The van der Waals surface area contributed by atoms with Crippen molar-refractivity contribution >= 4 is 10.9 Å². The first-order chi connectivity index (χ1) is 10.3. The highest BCUT2D eigenvalue weighted by atomic mass is 16.5. The van der Waals surface area contributed by atoms with Gasteiger partial charge in [-0.1, -0.05) is 42.5 Å². The number of aromatic nitrogens is 1. The van der Waals surface area contributed by atoms with E-state index in [1.54, 1.807) is 0 Å². The van der Waals surface area contributed by atoms with E-state index in [0.29, 0.717) is 6.61 Å². The highest BCUT2D eigenvalue weighted by Gasteiger charge is 2.08. The maximum absolute atomic E-state index is 5.81. The zero-order valence-corrected chi connectivity index (χ0v) is 12.6. The molecule has 0 saturated heterocycles. The zero-order chi connectivity index (χ0) is 14.7. The van der Waals surface area contributed by atoms with Crippen molar-refractivity contribution in [1.29, 1.82) is 0 Å². The zero-order valence-electron chi connectivity index (χ0n) is 12.6. The average molecular weight is 279 g/mol. The molecule has 108 valence electrons. The molecule has 21 heavy (non-hydrogen) atoms. The number of nitrogens with one attached hydrogen (secondary N) is 1. The average Bonchev–Trinajstić information content (AvgIpc) is 2.80. The fourth-order valence-corrected chi connectivity index (χ4v) is 2.79. The Morgan fingerprint density at radius 1 is 0.952 bits per heavy atom. The molecule has 0 spiro atoms. The van der Waals surface area contributed by atoms with Crippen LogP contribution in [-0.2, 0) is 17.8 Å². The molecule has 0 unspecified atom stereocenters. The molecule has 0 radical (unpaired) electrons. The van der Waals surface area contributed by atoms with Crippen molar-refractivity contribution in [3.05, 3.63) is 70.9 Å². The van der Waals surface area contributed by atoms with Gasteiger partial charge in [-0.05, 0) is 43.0 Å². The van der Waals surface area contributed by atoms with E-state index >= 15 is 0 Å². The summed E-state index contributed by atoms with van der Waals surface area (Å²) in [7, 11) is 0. The second-order valence-electron chi connectivity index (χ2n) is 5.50. The number of aromatic amines is 1. The van der Waals surface area contributed by atoms with Crippen molar-refractivity contribution < 1.29 is 4.74 Å². The Hall–Kier alpha value is -2.06. The molecule has 0 aliphatic carbocycles. The maximum Gasteiger partial charge on any atom is 0.0717 e. The van der Waals surface area contributed by atoms with Crippen molar-refractivity contribution in [3.63, 3.8) is 0 Å². The van der Waals surface area contributed by atoms with Crippen LogP contribution in [0.2, 0.25) is 0 Å². The molecule has 0 fully saturated rings. The lowest BCUT2D eigenvalue weighted by molar-refractivity contribution is 0.124. The Morgan fingerprint density at radius 3 is 2.57 bits per heavy atom. The van der Waals surface area contributed by atoms with Crippen LogP contribution in [0.5, 0.6) is 0 Å². The van der Waals surface area contributed by atoms with Crippen LogP contribution in [-0.4, -0.2) is 11.6 Å². The first kappa shape index (κ1) is 13.9.